The van der Waals surface area contributed by atoms with E-state index in [1.165, 1.54) is 13.2 Å². The maximum atomic E-state index is 11.5. The number of anilines is 1. The average Bonchev–Trinajstić information content (AvgIpc) is 2.24. The van der Waals surface area contributed by atoms with E-state index in [1.807, 2.05) is 0 Å². The number of aromatic hydroxyl groups is 1. The van der Waals surface area contributed by atoms with Crippen LogP contribution in [0.15, 0.2) is 18.2 Å². The minimum atomic E-state index is -0.714. The van der Waals surface area contributed by atoms with Gasteiger partial charge < -0.3 is 20.9 Å². The highest BCUT2D eigenvalue weighted by atomic mass is 16.5. The van der Waals surface area contributed by atoms with Crippen molar-refractivity contribution in [2.45, 2.75) is 13.0 Å². The number of aryl methyl sites for hydroxylation is 1. The zero-order valence-corrected chi connectivity index (χ0v) is 9.36. The molecule has 0 aliphatic rings. The number of carbonyl (C=O) groups excluding carboxylic acids is 1. The number of hydrogen-bond donors (Lipinski definition) is 3. The Balaban J connectivity index is 2.66. The van der Waals surface area contributed by atoms with Crippen LogP contribution in [0.2, 0.25) is 0 Å². The van der Waals surface area contributed by atoms with Crippen molar-refractivity contribution < 1.29 is 14.6 Å². The van der Waals surface area contributed by atoms with Gasteiger partial charge in [-0.15, -0.1) is 0 Å². The molecule has 0 radical (unpaired) electrons. The molecule has 0 heterocycles. The summed E-state index contributed by atoms with van der Waals surface area (Å²) in [5.41, 5.74) is 6.81. The number of nitrogens with one attached hydrogen (secondary N) is 1. The van der Waals surface area contributed by atoms with Crippen molar-refractivity contribution in [1.82, 2.24) is 0 Å². The van der Waals surface area contributed by atoms with Crippen LogP contribution in [0, 0.1) is 6.92 Å². The van der Waals surface area contributed by atoms with Gasteiger partial charge in [0.05, 0.1) is 6.61 Å². The molecule has 5 heteroatoms. The van der Waals surface area contributed by atoms with Crippen LogP contribution in [-0.4, -0.2) is 30.8 Å². The summed E-state index contributed by atoms with van der Waals surface area (Å²) in [5.74, 6) is -0.205. The van der Waals surface area contributed by atoms with Gasteiger partial charge in [-0.1, -0.05) is 6.07 Å². The number of amides is 1. The van der Waals surface area contributed by atoms with Gasteiger partial charge in [-0.3, -0.25) is 4.79 Å². The summed E-state index contributed by atoms with van der Waals surface area (Å²) >= 11 is 0. The minimum absolute atomic E-state index is 0.137. The number of rotatable bonds is 4. The second-order valence-electron chi connectivity index (χ2n) is 3.55. The zero-order chi connectivity index (χ0) is 12.1. The lowest BCUT2D eigenvalue weighted by Crippen LogP contribution is -2.39. The van der Waals surface area contributed by atoms with Crippen molar-refractivity contribution in [2.75, 3.05) is 19.0 Å². The predicted octanol–water partition coefficient (Wildman–Crippen LogP) is 0.613. The van der Waals surface area contributed by atoms with E-state index in [-0.39, 0.29) is 18.3 Å². The molecule has 16 heavy (non-hydrogen) atoms. The average molecular weight is 224 g/mol. The maximum absolute atomic E-state index is 11.5. The van der Waals surface area contributed by atoms with Gasteiger partial charge in [-0.05, 0) is 18.6 Å². The third kappa shape index (κ3) is 3.22. The van der Waals surface area contributed by atoms with Crippen molar-refractivity contribution in [2.24, 2.45) is 5.73 Å². The zero-order valence-electron chi connectivity index (χ0n) is 9.36. The number of benzene rings is 1. The molecule has 0 aliphatic heterocycles. The molecular formula is C11H16N2O3. The molecule has 4 N–H and O–H groups in total. The first-order chi connectivity index (χ1) is 7.54. The summed E-state index contributed by atoms with van der Waals surface area (Å²) in [6.07, 6.45) is 0. The lowest BCUT2D eigenvalue weighted by atomic mass is 10.2. The largest absolute Gasteiger partial charge is 0.508 e. The second kappa shape index (κ2) is 5.48. The Morgan fingerprint density at radius 2 is 2.31 bits per heavy atom. The van der Waals surface area contributed by atoms with Crippen molar-refractivity contribution in [3.63, 3.8) is 0 Å². The Labute approximate surface area is 94.2 Å². The number of methoxy groups -OCH3 is 1. The molecule has 0 fully saturated rings. The van der Waals surface area contributed by atoms with Crippen LogP contribution in [0.4, 0.5) is 5.69 Å². The summed E-state index contributed by atoms with van der Waals surface area (Å²) in [6.45, 7) is 1.93. The molecule has 0 aromatic heterocycles. The fourth-order valence-corrected chi connectivity index (χ4v) is 1.18. The molecule has 88 valence electrons. The molecule has 1 unspecified atom stereocenters. The molecule has 1 amide bonds. The van der Waals surface area contributed by atoms with Gasteiger partial charge in [0.2, 0.25) is 5.91 Å². The van der Waals surface area contributed by atoms with E-state index in [1.54, 1.807) is 19.1 Å². The quantitative estimate of drug-likeness (QED) is 0.699. The highest BCUT2D eigenvalue weighted by Gasteiger charge is 2.13. The van der Waals surface area contributed by atoms with Crippen LogP contribution >= 0.6 is 0 Å². The van der Waals surface area contributed by atoms with Gasteiger partial charge in [0.25, 0.3) is 0 Å². The van der Waals surface area contributed by atoms with Crippen molar-refractivity contribution >= 4 is 11.6 Å². The van der Waals surface area contributed by atoms with Crippen molar-refractivity contribution in [3.05, 3.63) is 23.8 Å². The third-order valence-electron chi connectivity index (χ3n) is 2.16. The summed E-state index contributed by atoms with van der Waals surface area (Å²) in [7, 11) is 1.48. The molecular weight excluding hydrogens is 208 g/mol. The molecule has 0 bridgehead atoms. The Hall–Kier alpha value is -1.59. The topological polar surface area (TPSA) is 84.6 Å². The van der Waals surface area contributed by atoms with Crippen LogP contribution < -0.4 is 11.1 Å². The summed E-state index contributed by atoms with van der Waals surface area (Å²) in [5, 5.41) is 12.0. The van der Waals surface area contributed by atoms with E-state index < -0.39 is 6.04 Å². The highest BCUT2D eigenvalue weighted by Crippen LogP contribution is 2.20. The number of hydrogen-bond acceptors (Lipinski definition) is 4. The molecule has 0 aliphatic carbocycles. The standard InChI is InChI=1S/C11H16N2O3/c1-7-3-4-8(5-10(7)14)13-11(15)9(12)6-16-2/h3-5,9,14H,6,12H2,1-2H3,(H,13,15). The lowest BCUT2D eigenvalue weighted by Gasteiger charge is -2.11. The minimum Gasteiger partial charge on any atom is -0.508 e. The smallest absolute Gasteiger partial charge is 0.243 e. The monoisotopic (exact) mass is 224 g/mol. The highest BCUT2D eigenvalue weighted by molar-refractivity contribution is 5.94. The predicted molar refractivity (Wildman–Crippen MR) is 61.3 cm³/mol. The molecule has 1 atom stereocenters. The second-order valence-corrected chi connectivity index (χ2v) is 3.55. The first-order valence-corrected chi connectivity index (χ1v) is 4.89. The SMILES string of the molecule is COCC(N)C(=O)Nc1ccc(C)c(O)c1. The number of ether oxygens (including phenoxy) is 1. The van der Waals surface area contributed by atoms with Gasteiger partial charge in [-0.2, -0.15) is 0 Å². The Bertz CT molecular complexity index is 379. The van der Waals surface area contributed by atoms with E-state index >= 15 is 0 Å². The Kier molecular flexibility index (Phi) is 4.28. The first kappa shape index (κ1) is 12.5. The number of phenolic OH excluding ortho intramolecular Hbond substituents is 1. The fraction of sp³-hybridized carbons (Fsp3) is 0.364. The van der Waals surface area contributed by atoms with E-state index in [9.17, 15) is 9.90 Å². The number of carbonyl (C=O) groups is 1. The van der Waals surface area contributed by atoms with E-state index in [0.29, 0.717) is 5.69 Å². The van der Waals surface area contributed by atoms with Gasteiger partial charge in [0.1, 0.15) is 11.8 Å². The Morgan fingerprint density at radius 1 is 1.62 bits per heavy atom. The van der Waals surface area contributed by atoms with Crippen molar-refractivity contribution in [1.29, 1.82) is 0 Å². The fourth-order valence-electron chi connectivity index (χ4n) is 1.18. The normalized spacial score (nSPS) is 12.2. The van der Waals surface area contributed by atoms with Crippen LogP contribution in [0.5, 0.6) is 5.75 Å². The number of phenols is 1. The molecule has 1 rings (SSSR count). The maximum Gasteiger partial charge on any atom is 0.243 e. The molecule has 0 saturated heterocycles. The van der Waals surface area contributed by atoms with Crippen molar-refractivity contribution in [3.8, 4) is 5.75 Å². The molecule has 5 nitrogen and oxygen atoms in total. The molecule has 0 spiro atoms. The molecule has 1 aromatic carbocycles. The molecule has 1 aromatic rings. The van der Waals surface area contributed by atoms with Crippen LogP contribution in [0.3, 0.4) is 0 Å². The van der Waals surface area contributed by atoms with Crippen LogP contribution in [0.25, 0.3) is 0 Å². The molecule has 0 saturated carbocycles. The van der Waals surface area contributed by atoms with Crippen LogP contribution in [-0.2, 0) is 9.53 Å². The Morgan fingerprint density at radius 3 is 2.88 bits per heavy atom. The van der Waals surface area contributed by atoms with Gasteiger partial charge >= 0.3 is 0 Å². The van der Waals surface area contributed by atoms with E-state index in [2.05, 4.69) is 5.32 Å². The van der Waals surface area contributed by atoms with Gasteiger partial charge in [0, 0.05) is 18.9 Å². The summed E-state index contributed by atoms with van der Waals surface area (Å²) in [6, 6.07) is 4.18. The van der Waals surface area contributed by atoms with Crippen LogP contribution in [0.1, 0.15) is 5.56 Å². The third-order valence-corrected chi connectivity index (χ3v) is 2.16. The number of nitrogens with two attached hydrogens (primary N) is 1. The van der Waals surface area contributed by atoms with E-state index in [0.717, 1.165) is 5.56 Å². The van der Waals surface area contributed by atoms with E-state index in [4.69, 9.17) is 10.5 Å². The summed E-state index contributed by atoms with van der Waals surface area (Å²) in [4.78, 5) is 11.5. The van der Waals surface area contributed by atoms with Gasteiger partial charge in [-0.25, -0.2) is 0 Å². The first-order valence-electron chi connectivity index (χ1n) is 4.89. The van der Waals surface area contributed by atoms with Gasteiger partial charge in [0.15, 0.2) is 0 Å². The lowest BCUT2D eigenvalue weighted by molar-refractivity contribution is -0.118. The summed E-state index contributed by atoms with van der Waals surface area (Å²) < 4.78 is 4.77.